The van der Waals surface area contributed by atoms with Crippen molar-refractivity contribution >= 4 is 15.9 Å². The summed E-state index contributed by atoms with van der Waals surface area (Å²) in [7, 11) is -2.81. The van der Waals surface area contributed by atoms with Gasteiger partial charge in [0.05, 0.1) is 11.5 Å². The van der Waals surface area contributed by atoms with Crippen LogP contribution in [0, 0.1) is 0 Å². The van der Waals surface area contributed by atoms with Crippen molar-refractivity contribution in [3.05, 3.63) is 0 Å². The van der Waals surface area contributed by atoms with Crippen LogP contribution in [0.15, 0.2) is 0 Å². The number of amides is 1. The van der Waals surface area contributed by atoms with E-state index < -0.39 is 15.4 Å². The molecular formula is C15H28N2O4S. The zero-order valence-electron chi connectivity index (χ0n) is 13.8. The summed E-state index contributed by atoms with van der Waals surface area (Å²) in [6.07, 6.45) is 3.50. The minimum Gasteiger partial charge on any atom is -0.444 e. The molecule has 1 saturated heterocycles. The Kier molecular flexibility index (Phi) is 5.37. The van der Waals surface area contributed by atoms with Gasteiger partial charge in [-0.25, -0.2) is 13.2 Å². The first-order chi connectivity index (χ1) is 10.1. The Balaban J connectivity index is 1.73. The maximum Gasteiger partial charge on any atom is 0.407 e. The Hall–Kier alpha value is -0.820. The van der Waals surface area contributed by atoms with Gasteiger partial charge >= 0.3 is 6.09 Å². The SMILES string of the molecule is CC(C)(C)OC(=O)N[C@H]1CC[C@H](N2CCS(=O)(=O)CC2)CC1. The molecule has 128 valence electrons. The lowest BCUT2D eigenvalue weighted by molar-refractivity contribution is 0.0477. The highest BCUT2D eigenvalue weighted by Crippen LogP contribution is 2.24. The topological polar surface area (TPSA) is 75.7 Å². The number of nitrogens with one attached hydrogen (secondary N) is 1. The fourth-order valence-electron chi connectivity index (χ4n) is 3.15. The van der Waals surface area contributed by atoms with Crippen LogP contribution in [0.2, 0.25) is 0 Å². The van der Waals surface area contributed by atoms with Crippen molar-refractivity contribution < 1.29 is 17.9 Å². The van der Waals surface area contributed by atoms with Crippen molar-refractivity contribution in [2.24, 2.45) is 0 Å². The molecule has 1 heterocycles. The molecule has 6 nitrogen and oxygen atoms in total. The molecule has 2 rings (SSSR count). The molecule has 0 bridgehead atoms. The van der Waals surface area contributed by atoms with Gasteiger partial charge in [0, 0.05) is 25.2 Å². The van der Waals surface area contributed by atoms with Gasteiger partial charge in [0.25, 0.3) is 0 Å². The molecule has 1 aliphatic carbocycles. The summed E-state index contributed by atoms with van der Waals surface area (Å²) in [6.45, 7) is 6.87. The first-order valence-electron chi connectivity index (χ1n) is 8.09. The van der Waals surface area contributed by atoms with E-state index in [1.54, 1.807) is 0 Å². The highest BCUT2D eigenvalue weighted by atomic mass is 32.2. The predicted molar refractivity (Wildman–Crippen MR) is 85.6 cm³/mol. The molecule has 7 heteroatoms. The normalized spacial score (nSPS) is 29.8. The minimum atomic E-state index is -2.81. The van der Waals surface area contributed by atoms with Crippen molar-refractivity contribution in [3.8, 4) is 0 Å². The number of sulfone groups is 1. The summed E-state index contributed by atoms with van der Waals surface area (Å²) in [5, 5.41) is 2.94. The molecule has 2 aliphatic rings. The Morgan fingerprint density at radius 3 is 2.14 bits per heavy atom. The van der Waals surface area contributed by atoms with Gasteiger partial charge in [0.15, 0.2) is 9.84 Å². The molecule has 2 fully saturated rings. The van der Waals surface area contributed by atoms with Gasteiger partial charge in [-0.3, -0.25) is 4.90 Å². The van der Waals surface area contributed by atoms with Gasteiger partial charge in [0.1, 0.15) is 5.60 Å². The summed E-state index contributed by atoms with van der Waals surface area (Å²) in [5.41, 5.74) is -0.472. The number of carbonyl (C=O) groups is 1. The van der Waals surface area contributed by atoms with Crippen molar-refractivity contribution in [2.75, 3.05) is 24.6 Å². The first-order valence-corrected chi connectivity index (χ1v) is 9.91. The second kappa shape index (κ2) is 6.74. The summed E-state index contributed by atoms with van der Waals surface area (Å²) in [5.74, 6) is 0.562. The third-order valence-electron chi connectivity index (χ3n) is 4.31. The zero-order chi connectivity index (χ0) is 16.4. The van der Waals surface area contributed by atoms with Crippen LogP contribution in [-0.2, 0) is 14.6 Å². The maximum atomic E-state index is 11.8. The lowest BCUT2D eigenvalue weighted by Gasteiger charge is -2.38. The first kappa shape index (κ1) is 17.5. The van der Waals surface area contributed by atoms with Crippen LogP contribution in [0.25, 0.3) is 0 Å². The van der Waals surface area contributed by atoms with E-state index in [9.17, 15) is 13.2 Å². The largest absolute Gasteiger partial charge is 0.444 e. The molecule has 1 amide bonds. The molecule has 0 aromatic carbocycles. The Labute approximate surface area is 133 Å². The van der Waals surface area contributed by atoms with Gasteiger partial charge in [-0.1, -0.05) is 0 Å². The van der Waals surface area contributed by atoms with Crippen LogP contribution in [0.3, 0.4) is 0 Å². The molecule has 0 radical (unpaired) electrons. The zero-order valence-corrected chi connectivity index (χ0v) is 14.6. The number of alkyl carbamates (subject to hydrolysis) is 1. The third-order valence-corrected chi connectivity index (χ3v) is 5.92. The number of carbonyl (C=O) groups excluding carboxylic acids is 1. The van der Waals surface area contributed by atoms with E-state index in [4.69, 9.17) is 4.74 Å². The Morgan fingerprint density at radius 1 is 1.09 bits per heavy atom. The number of rotatable bonds is 2. The second-order valence-electron chi connectivity index (χ2n) is 7.34. The van der Waals surface area contributed by atoms with E-state index in [0.717, 1.165) is 25.7 Å². The van der Waals surface area contributed by atoms with Crippen molar-refractivity contribution in [1.29, 1.82) is 0 Å². The average molecular weight is 332 g/mol. The summed E-state index contributed by atoms with van der Waals surface area (Å²) in [4.78, 5) is 14.1. The lowest BCUT2D eigenvalue weighted by atomic mass is 9.90. The van der Waals surface area contributed by atoms with Gasteiger partial charge in [-0.15, -0.1) is 0 Å². The molecule has 0 atom stereocenters. The van der Waals surface area contributed by atoms with Crippen molar-refractivity contribution in [1.82, 2.24) is 10.2 Å². The molecule has 0 aromatic heterocycles. The van der Waals surface area contributed by atoms with Gasteiger partial charge in [-0.2, -0.15) is 0 Å². The summed E-state index contributed by atoms with van der Waals surface area (Å²) in [6, 6.07) is 0.617. The second-order valence-corrected chi connectivity index (χ2v) is 9.64. The maximum absolute atomic E-state index is 11.8. The molecule has 1 saturated carbocycles. The Bertz CT molecular complexity index is 476. The van der Waals surface area contributed by atoms with Crippen LogP contribution >= 0.6 is 0 Å². The Morgan fingerprint density at radius 2 is 1.64 bits per heavy atom. The highest BCUT2D eigenvalue weighted by Gasteiger charge is 2.31. The molecule has 1 aliphatic heterocycles. The molecule has 0 aromatic rings. The van der Waals surface area contributed by atoms with E-state index in [2.05, 4.69) is 10.2 Å². The van der Waals surface area contributed by atoms with Crippen LogP contribution in [0.4, 0.5) is 4.79 Å². The van der Waals surface area contributed by atoms with Crippen molar-refractivity contribution in [2.45, 2.75) is 64.1 Å². The van der Waals surface area contributed by atoms with Crippen LogP contribution in [0.5, 0.6) is 0 Å². The number of hydrogen-bond acceptors (Lipinski definition) is 5. The predicted octanol–water partition coefficient (Wildman–Crippen LogP) is 1.55. The monoisotopic (exact) mass is 332 g/mol. The number of ether oxygens (including phenoxy) is 1. The van der Waals surface area contributed by atoms with Gasteiger partial charge in [-0.05, 0) is 46.5 Å². The molecular weight excluding hydrogens is 304 g/mol. The summed E-state index contributed by atoms with van der Waals surface area (Å²) >= 11 is 0. The van der Waals surface area contributed by atoms with Gasteiger partial charge < -0.3 is 10.1 Å². The molecule has 0 spiro atoms. The minimum absolute atomic E-state index is 0.166. The van der Waals surface area contributed by atoms with E-state index >= 15 is 0 Å². The molecule has 1 N–H and O–H groups in total. The van der Waals surface area contributed by atoms with Crippen LogP contribution < -0.4 is 5.32 Å². The number of nitrogens with zero attached hydrogens (tertiary/aromatic N) is 1. The van der Waals surface area contributed by atoms with E-state index in [0.29, 0.717) is 19.1 Å². The lowest BCUT2D eigenvalue weighted by Crippen LogP contribution is -2.49. The number of hydrogen-bond donors (Lipinski definition) is 1. The van der Waals surface area contributed by atoms with Crippen LogP contribution in [0.1, 0.15) is 46.5 Å². The van der Waals surface area contributed by atoms with Crippen molar-refractivity contribution in [3.63, 3.8) is 0 Å². The standard InChI is InChI=1S/C15H28N2O4S/c1-15(2,3)21-14(18)16-12-4-6-13(7-5-12)17-8-10-22(19,20)11-9-17/h12-13H,4-11H2,1-3H3,(H,16,18)/t12-,13-. The van der Waals surface area contributed by atoms with E-state index in [1.807, 2.05) is 20.8 Å². The summed E-state index contributed by atoms with van der Waals surface area (Å²) < 4.78 is 28.2. The molecule has 22 heavy (non-hydrogen) atoms. The average Bonchev–Trinajstić information content (AvgIpc) is 2.37. The van der Waals surface area contributed by atoms with E-state index in [1.165, 1.54) is 0 Å². The smallest absolute Gasteiger partial charge is 0.407 e. The third kappa shape index (κ3) is 5.43. The fraction of sp³-hybridized carbons (Fsp3) is 0.933. The van der Waals surface area contributed by atoms with Crippen LogP contribution in [-0.4, -0.2) is 61.7 Å². The van der Waals surface area contributed by atoms with Gasteiger partial charge in [0.2, 0.25) is 0 Å². The molecule has 0 unspecified atom stereocenters. The fourth-order valence-corrected chi connectivity index (χ4v) is 4.38. The highest BCUT2D eigenvalue weighted by molar-refractivity contribution is 7.91. The quantitative estimate of drug-likeness (QED) is 0.830. The van der Waals surface area contributed by atoms with E-state index in [-0.39, 0.29) is 23.6 Å².